The van der Waals surface area contributed by atoms with E-state index in [0.717, 1.165) is 5.56 Å². The quantitative estimate of drug-likeness (QED) is 0.470. The molecule has 3 rings (SSSR count). The van der Waals surface area contributed by atoms with Gasteiger partial charge < -0.3 is 9.15 Å². The second-order valence-electron chi connectivity index (χ2n) is 5.91. The Balaban J connectivity index is 1.67. The zero-order valence-corrected chi connectivity index (χ0v) is 16.2. The van der Waals surface area contributed by atoms with E-state index in [9.17, 15) is 13.2 Å². The Kier molecular flexibility index (Phi) is 6.07. The summed E-state index contributed by atoms with van der Waals surface area (Å²) >= 11 is 0. The molecule has 0 spiro atoms. The van der Waals surface area contributed by atoms with Crippen LogP contribution in [0.2, 0.25) is 0 Å². The second-order valence-corrected chi connectivity index (χ2v) is 7.68. The fourth-order valence-corrected chi connectivity index (χ4v) is 3.30. The zero-order chi connectivity index (χ0) is 20.9. The number of benzene rings is 2. The van der Waals surface area contributed by atoms with Crippen LogP contribution in [-0.4, -0.2) is 31.1 Å². The summed E-state index contributed by atoms with van der Waals surface area (Å²) in [6.45, 7) is 1.47. The first-order valence-electron chi connectivity index (χ1n) is 8.53. The second kappa shape index (κ2) is 8.68. The molecule has 9 heteroatoms. The Morgan fingerprint density at radius 2 is 1.86 bits per heavy atom. The zero-order valence-electron chi connectivity index (χ0n) is 15.4. The Labute approximate surface area is 168 Å². The van der Waals surface area contributed by atoms with Gasteiger partial charge in [0.05, 0.1) is 17.0 Å². The fourth-order valence-electron chi connectivity index (χ4n) is 2.37. The number of esters is 1. The van der Waals surface area contributed by atoms with E-state index in [-0.39, 0.29) is 22.9 Å². The number of nitrogens with one attached hydrogen (secondary N) is 1. The first-order chi connectivity index (χ1) is 13.9. The van der Waals surface area contributed by atoms with E-state index in [1.807, 2.05) is 30.3 Å². The highest BCUT2D eigenvalue weighted by atomic mass is 32.2. The lowest BCUT2D eigenvalue weighted by molar-refractivity contribution is 0.0279. The van der Waals surface area contributed by atoms with Crippen LogP contribution in [0.25, 0.3) is 11.5 Å². The molecule has 0 aliphatic heterocycles. The van der Waals surface area contributed by atoms with Crippen molar-refractivity contribution in [1.29, 1.82) is 0 Å². The van der Waals surface area contributed by atoms with Gasteiger partial charge in [-0.25, -0.2) is 13.2 Å². The van der Waals surface area contributed by atoms with E-state index in [1.54, 1.807) is 6.92 Å². The van der Waals surface area contributed by atoms with Gasteiger partial charge in [0.25, 0.3) is 5.89 Å². The molecule has 29 heavy (non-hydrogen) atoms. The lowest BCUT2D eigenvalue weighted by Crippen LogP contribution is -2.24. The van der Waals surface area contributed by atoms with E-state index in [4.69, 9.17) is 15.6 Å². The normalized spacial score (nSPS) is 12.1. The molecule has 0 fully saturated rings. The van der Waals surface area contributed by atoms with Crippen molar-refractivity contribution in [3.8, 4) is 23.8 Å². The van der Waals surface area contributed by atoms with Crippen LogP contribution in [0.4, 0.5) is 0 Å². The van der Waals surface area contributed by atoms with Gasteiger partial charge in [0, 0.05) is 5.56 Å². The Bertz CT molecular complexity index is 1130. The minimum atomic E-state index is -3.73. The number of sulfonamides is 1. The van der Waals surface area contributed by atoms with Gasteiger partial charge in [-0.05, 0) is 43.3 Å². The molecule has 0 radical (unpaired) electrons. The number of nitrogens with zero attached hydrogens (tertiary/aromatic N) is 2. The van der Waals surface area contributed by atoms with E-state index < -0.39 is 22.1 Å². The van der Waals surface area contributed by atoms with Gasteiger partial charge in [-0.3, -0.25) is 0 Å². The average Bonchev–Trinajstić information content (AvgIpc) is 3.23. The summed E-state index contributed by atoms with van der Waals surface area (Å²) in [7, 11) is -3.73. The predicted octanol–water partition coefficient (Wildman–Crippen LogP) is 2.57. The lowest BCUT2D eigenvalue weighted by Gasteiger charge is -2.10. The number of carbonyl (C=O) groups excluding carboxylic acids is 1. The molecule has 8 nitrogen and oxygen atoms in total. The fraction of sp³-hybridized carbons (Fsp3) is 0.150. The summed E-state index contributed by atoms with van der Waals surface area (Å²) in [5, 5.41) is 7.87. The summed E-state index contributed by atoms with van der Waals surface area (Å²) in [6, 6.07) is 14.5. The first kappa shape index (κ1) is 20.3. The number of hydrogen-bond donors (Lipinski definition) is 1. The van der Waals surface area contributed by atoms with Crippen LogP contribution in [0.3, 0.4) is 0 Å². The Hall–Kier alpha value is -3.48. The molecule has 2 aromatic carbocycles. The summed E-state index contributed by atoms with van der Waals surface area (Å²) in [6.07, 6.45) is 4.27. The van der Waals surface area contributed by atoms with Gasteiger partial charge >= 0.3 is 5.97 Å². The third kappa shape index (κ3) is 4.87. The largest absolute Gasteiger partial charge is 0.449 e. The van der Waals surface area contributed by atoms with Gasteiger partial charge in [0.15, 0.2) is 6.10 Å². The van der Waals surface area contributed by atoms with Crippen LogP contribution < -0.4 is 4.72 Å². The van der Waals surface area contributed by atoms with Crippen molar-refractivity contribution in [2.24, 2.45) is 0 Å². The van der Waals surface area contributed by atoms with Crippen LogP contribution >= 0.6 is 0 Å². The molecular formula is C20H17N3O5S. The summed E-state index contributed by atoms with van der Waals surface area (Å²) in [5.41, 5.74) is 0.926. The monoisotopic (exact) mass is 411 g/mol. The molecule has 1 aromatic heterocycles. The van der Waals surface area contributed by atoms with Gasteiger partial charge in [-0.15, -0.1) is 16.6 Å². The maximum atomic E-state index is 12.3. The van der Waals surface area contributed by atoms with Gasteiger partial charge in [0.2, 0.25) is 15.9 Å². The van der Waals surface area contributed by atoms with Crippen molar-refractivity contribution in [2.75, 3.05) is 6.54 Å². The highest BCUT2D eigenvalue weighted by Gasteiger charge is 2.21. The van der Waals surface area contributed by atoms with Gasteiger partial charge in [-0.2, -0.15) is 4.72 Å². The van der Waals surface area contributed by atoms with E-state index in [0.29, 0.717) is 5.89 Å². The van der Waals surface area contributed by atoms with Crippen molar-refractivity contribution in [2.45, 2.75) is 17.9 Å². The molecule has 3 aromatic rings. The van der Waals surface area contributed by atoms with Crippen molar-refractivity contribution in [1.82, 2.24) is 14.9 Å². The number of terminal acetylenes is 1. The maximum Gasteiger partial charge on any atom is 0.338 e. The van der Waals surface area contributed by atoms with Crippen LogP contribution in [0.5, 0.6) is 0 Å². The number of aromatic nitrogens is 2. The molecule has 0 amide bonds. The molecule has 148 valence electrons. The van der Waals surface area contributed by atoms with Crippen molar-refractivity contribution in [3.63, 3.8) is 0 Å². The van der Waals surface area contributed by atoms with Crippen molar-refractivity contribution in [3.05, 3.63) is 66.1 Å². The first-order valence-corrected chi connectivity index (χ1v) is 10.0. The molecule has 0 aliphatic carbocycles. The predicted molar refractivity (Wildman–Crippen MR) is 104 cm³/mol. The Morgan fingerprint density at radius 1 is 1.17 bits per heavy atom. The average molecular weight is 411 g/mol. The number of ether oxygens (including phenoxy) is 1. The summed E-state index contributed by atoms with van der Waals surface area (Å²) < 4.78 is 37.1. The third-order valence-electron chi connectivity index (χ3n) is 3.86. The smallest absolute Gasteiger partial charge is 0.338 e. The topological polar surface area (TPSA) is 111 Å². The summed E-state index contributed by atoms with van der Waals surface area (Å²) in [4.78, 5) is 12.3. The number of rotatable bonds is 7. The van der Waals surface area contributed by atoms with Gasteiger partial charge in [0.1, 0.15) is 0 Å². The maximum absolute atomic E-state index is 12.3. The van der Waals surface area contributed by atoms with E-state index in [1.165, 1.54) is 24.3 Å². The number of hydrogen-bond acceptors (Lipinski definition) is 7. The minimum Gasteiger partial charge on any atom is -0.449 e. The minimum absolute atomic E-state index is 0.0123. The molecule has 1 heterocycles. The third-order valence-corrected chi connectivity index (χ3v) is 5.27. The standard InChI is InChI=1S/C20H17N3O5S/c1-3-13-21-29(25,26)17-11-9-16(10-12-17)20(24)27-14(2)18-22-23-19(28-18)15-7-5-4-6-8-15/h1,4-12,14,21H,13H2,2H3/t14-/m1/s1. The van der Waals surface area contributed by atoms with Crippen LogP contribution in [0, 0.1) is 12.3 Å². The van der Waals surface area contributed by atoms with E-state index >= 15 is 0 Å². The van der Waals surface area contributed by atoms with Crippen molar-refractivity contribution < 1.29 is 22.4 Å². The molecule has 1 atom stereocenters. The molecule has 0 saturated heterocycles. The van der Waals surface area contributed by atoms with Crippen LogP contribution in [0.1, 0.15) is 29.3 Å². The summed E-state index contributed by atoms with van der Waals surface area (Å²) in [5.74, 6) is 2.00. The number of carbonyl (C=O) groups is 1. The Morgan fingerprint density at radius 3 is 2.52 bits per heavy atom. The SMILES string of the molecule is C#CCNS(=O)(=O)c1ccc(C(=O)O[C@H](C)c2nnc(-c3ccccc3)o2)cc1. The highest BCUT2D eigenvalue weighted by Crippen LogP contribution is 2.23. The molecule has 0 bridgehead atoms. The molecule has 1 N–H and O–H groups in total. The molecule has 0 unspecified atom stereocenters. The lowest BCUT2D eigenvalue weighted by atomic mass is 10.2. The van der Waals surface area contributed by atoms with Crippen molar-refractivity contribution >= 4 is 16.0 Å². The molecule has 0 aliphatic rings. The van der Waals surface area contributed by atoms with Crippen LogP contribution in [-0.2, 0) is 14.8 Å². The van der Waals surface area contributed by atoms with E-state index in [2.05, 4.69) is 20.8 Å². The van der Waals surface area contributed by atoms with Crippen LogP contribution in [0.15, 0.2) is 63.9 Å². The highest BCUT2D eigenvalue weighted by molar-refractivity contribution is 7.89. The van der Waals surface area contributed by atoms with Gasteiger partial charge in [-0.1, -0.05) is 24.1 Å². The molecular weight excluding hydrogens is 394 g/mol. The molecule has 0 saturated carbocycles.